The largest absolute Gasteiger partial charge is 0.496 e. The molecule has 5 aromatic rings. The zero-order valence-electron chi connectivity index (χ0n) is 40.2. The Kier molecular flexibility index (Phi) is 13.9. The molecule has 5 aromatic carbocycles. The third-order valence-corrected chi connectivity index (χ3v) is 17.3. The third kappa shape index (κ3) is 9.30. The lowest BCUT2D eigenvalue weighted by atomic mass is 9.79. The van der Waals surface area contributed by atoms with Gasteiger partial charge in [0.05, 0.1) is 14.2 Å². The van der Waals surface area contributed by atoms with Crippen molar-refractivity contribution in [3.05, 3.63) is 113 Å². The van der Waals surface area contributed by atoms with Crippen LogP contribution in [0.25, 0.3) is 44.5 Å². The maximum absolute atomic E-state index is 14.1. The van der Waals surface area contributed by atoms with Gasteiger partial charge in [0.1, 0.15) is 17.3 Å². The molecule has 3 nitrogen and oxygen atoms in total. The van der Waals surface area contributed by atoms with Gasteiger partial charge < -0.3 is 9.47 Å². The first kappa shape index (κ1) is 46.3. The summed E-state index contributed by atoms with van der Waals surface area (Å²) >= 11 is 0. The normalized spacial score (nSPS) is 17.5. The lowest BCUT2D eigenvalue weighted by Crippen LogP contribution is -2.44. The zero-order valence-corrected chi connectivity index (χ0v) is 41.1. The van der Waals surface area contributed by atoms with Crippen LogP contribution in [0.2, 0.25) is 0 Å². The number of carbonyl (C=O) groups excluding carboxylic acids is 1. The van der Waals surface area contributed by atoms with Crippen LogP contribution in [-0.4, -0.2) is 31.3 Å². The molecule has 0 spiro atoms. The van der Waals surface area contributed by atoms with E-state index in [0.29, 0.717) is 18.6 Å². The van der Waals surface area contributed by atoms with Crippen molar-refractivity contribution in [2.45, 2.75) is 145 Å². The molecule has 61 heavy (non-hydrogen) atoms. The average Bonchev–Trinajstić information content (AvgIpc) is 3.21. The molecule has 2 atom stereocenters. The van der Waals surface area contributed by atoms with E-state index >= 15 is 0 Å². The van der Waals surface area contributed by atoms with E-state index in [9.17, 15) is 4.79 Å². The van der Waals surface area contributed by atoms with Crippen LogP contribution >= 0.6 is 7.92 Å². The van der Waals surface area contributed by atoms with E-state index in [-0.39, 0.29) is 45.8 Å². The summed E-state index contributed by atoms with van der Waals surface area (Å²) in [5, 5.41) is 1.48. The van der Waals surface area contributed by atoms with Crippen molar-refractivity contribution in [2.24, 2.45) is 10.8 Å². The van der Waals surface area contributed by atoms with Crippen molar-refractivity contribution in [3.63, 3.8) is 0 Å². The first-order chi connectivity index (χ1) is 28.7. The third-order valence-electron chi connectivity index (χ3n) is 13.1. The van der Waals surface area contributed by atoms with Crippen LogP contribution in [0.3, 0.4) is 0 Å². The van der Waals surface area contributed by atoms with Crippen LogP contribution < -0.4 is 14.8 Å². The molecule has 0 bridgehead atoms. The number of para-hydroxylation sites is 2. The summed E-state index contributed by atoms with van der Waals surface area (Å²) in [6.45, 7) is 33.1. The van der Waals surface area contributed by atoms with Gasteiger partial charge in [-0.1, -0.05) is 184 Å². The average molecular weight is 837 g/mol. The van der Waals surface area contributed by atoms with Gasteiger partial charge in [0.15, 0.2) is 0 Å². The van der Waals surface area contributed by atoms with E-state index < -0.39 is 7.92 Å². The molecule has 1 aliphatic heterocycles. The molecule has 4 heteroatoms. The molecule has 1 aliphatic rings. The van der Waals surface area contributed by atoms with Crippen molar-refractivity contribution in [1.82, 2.24) is 0 Å². The van der Waals surface area contributed by atoms with Gasteiger partial charge >= 0.3 is 0 Å². The highest BCUT2D eigenvalue weighted by atomic mass is 31.1. The summed E-state index contributed by atoms with van der Waals surface area (Å²) in [5.41, 5.74) is 15.7. The molecule has 6 rings (SSSR count). The second-order valence-electron chi connectivity index (χ2n) is 20.9. The van der Waals surface area contributed by atoms with E-state index in [4.69, 9.17) is 9.47 Å². The van der Waals surface area contributed by atoms with Crippen molar-refractivity contribution in [3.8, 4) is 56.0 Å². The minimum Gasteiger partial charge on any atom is -0.496 e. The summed E-state index contributed by atoms with van der Waals surface area (Å²) in [6.07, 6.45) is 1.24. The highest BCUT2D eigenvalue weighted by Crippen LogP contribution is 2.64. The number of benzene rings is 5. The minimum atomic E-state index is -0.891. The highest BCUT2D eigenvalue weighted by Gasteiger charge is 2.49. The first-order valence-corrected chi connectivity index (χ1v) is 24.2. The second-order valence-corrected chi connectivity index (χ2v) is 23.4. The van der Waals surface area contributed by atoms with Crippen molar-refractivity contribution >= 4 is 19.0 Å². The maximum Gasteiger partial charge on any atom is 0.134 e. The molecule has 2 unspecified atom stereocenters. The summed E-state index contributed by atoms with van der Waals surface area (Å²) in [4.78, 5) is 14.1. The zero-order chi connectivity index (χ0) is 44.7. The summed E-state index contributed by atoms with van der Waals surface area (Å²) < 4.78 is 11.9. The minimum absolute atomic E-state index is 0.0827. The molecule has 0 radical (unpaired) electrons. The Bertz CT molecular complexity index is 2150. The Hall–Kier alpha value is -4.20. The van der Waals surface area contributed by atoms with E-state index in [2.05, 4.69) is 188 Å². The predicted molar refractivity (Wildman–Crippen MR) is 265 cm³/mol. The molecule has 0 amide bonds. The molecule has 0 N–H and O–H groups in total. The number of methoxy groups -OCH3 is 2. The van der Waals surface area contributed by atoms with Crippen molar-refractivity contribution in [1.29, 1.82) is 0 Å². The first-order valence-electron chi connectivity index (χ1n) is 22.8. The molecule has 324 valence electrons. The Morgan fingerprint density at radius 1 is 0.492 bits per heavy atom. The molecule has 1 fully saturated rings. The number of hydrogen-bond acceptors (Lipinski definition) is 3. The quantitative estimate of drug-likeness (QED) is 0.124. The standard InChI is InChI=1S/C57H73O3P/c1-34(2)45-28-38(41-22-17-19-26-49(41)59-15)29-46(35(3)4)53(45)43-24-21-25-44(55(43)61-51(56(9,10)11)32-40(58)33-52(61)57(12,13)14)54-47(36(5)6)30-39(31-48(54)37(7)8)42-23-18-20-27-50(42)60-16/h17-31,34-37,51-52H,32-33H2,1-16H3. The van der Waals surface area contributed by atoms with Gasteiger partial charge in [-0.2, -0.15) is 0 Å². The van der Waals surface area contributed by atoms with Crippen LogP contribution in [0.1, 0.15) is 156 Å². The van der Waals surface area contributed by atoms with E-state index in [0.717, 1.165) is 22.6 Å². The van der Waals surface area contributed by atoms with Crippen LogP contribution in [0.4, 0.5) is 0 Å². The number of ketones is 1. The van der Waals surface area contributed by atoms with Gasteiger partial charge in [-0.3, -0.25) is 4.79 Å². The molecule has 0 saturated carbocycles. The fourth-order valence-electron chi connectivity index (χ4n) is 9.81. The second kappa shape index (κ2) is 18.3. The van der Waals surface area contributed by atoms with E-state index in [1.54, 1.807) is 14.2 Å². The van der Waals surface area contributed by atoms with E-state index in [1.165, 1.54) is 60.9 Å². The highest BCUT2D eigenvalue weighted by molar-refractivity contribution is 7.68. The number of ether oxygens (including phenoxy) is 2. The van der Waals surface area contributed by atoms with Crippen molar-refractivity contribution < 1.29 is 14.3 Å². The van der Waals surface area contributed by atoms with Gasteiger partial charge in [-0.15, -0.1) is 0 Å². The number of hydrogen-bond donors (Lipinski definition) is 0. The van der Waals surface area contributed by atoms with Crippen LogP contribution in [0.5, 0.6) is 11.5 Å². The summed E-state index contributed by atoms with van der Waals surface area (Å²) in [6, 6.07) is 33.8. The van der Waals surface area contributed by atoms with Gasteiger partial charge in [0.2, 0.25) is 0 Å². The maximum atomic E-state index is 14.1. The van der Waals surface area contributed by atoms with Gasteiger partial charge in [0, 0.05) is 24.0 Å². The van der Waals surface area contributed by atoms with Gasteiger partial charge in [-0.05, 0) is 119 Å². The Morgan fingerprint density at radius 2 is 0.803 bits per heavy atom. The lowest BCUT2D eigenvalue weighted by molar-refractivity contribution is -0.120. The summed E-state index contributed by atoms with van der Waals surface area (Å²) in [7, 11) is 2.65. The molecule has 1 saturated heterocycles. The van der Waals surface area contributed by atoms with Crippen LogP contribution in [-0.2, 0) is 4.79 Å². The molecule has 1 heterocycles. The van der Waals surface area contributed by atoms with Gasteiger partial charge in [0.25, 0.3) is 0 Å². The van der Waals surface area contributed by atoms with E-state index in [1.807, 2.05) is 0 Å². The van der Waals surface area contributed by atoms with Crippen LogP contribution in [0, 0.1) is 10.8 Å². The Morgan fingerprint density at radius 3 is 1.10 bits per heavy atom. The molecule has 0 aromatic heterocycles. The molecular weight excluding hydrogens is 764 g/mol. The number of carbonyl (C=O) groups is 1. The van der Waals surface area contributed by atoms with Crippen molar-refractivity contribution in [2.75, 3.05) is 14.2 Å². The molecular formula is C57H73O3P. The monoisotopic (exact) mass is 837 g/mol. The fourth-order valence-corrected chi connectivity index (χ4v) is 14.3. The predicted octanol–water partition coefficient (Wildman–Crippen LogP) is 16.2. The SMILES string of the molecule is COc1ccccc1-c1cc(C(C)C)c(-c2cccc(-c3c(C(C)C)cc(-c4ccccc4OC)cc3C(C)C)c2P2C(C(C)(C)C)CC(=O)CC2C(C)(C)C)c(C(C)C)c1. The Labute approximate surface area is 370 Å². The number of Topliss-reactive ketones (excluding diaryl/α,β-unsaturated/α-hetero) is 1. The number of rotatable bonds is 11. The fraction of sp³-hybridized carbons (Fsp3) is 0.456. The summed E-state index contributed by atoms with van der Waals surface area (Å²) in [5.74, 6) is 3.22. The molecule has 0 aliphatic carbocycles. The van der Waals surface area contributed by atoms with Crippen LogP contribution in [0.15, 0.2) is 91.0 Å². The smallest absolute Gasteiger partial charge is 0.134 e. The van der Waals surface area contributed by atoms with Gasteiger partial charge in [-0.25, -0.2) is 0 Å². The topological polar surface area (TPSA) is 35.5 Å². The lowest BCUT2D eigenvalue weighted by Gasteiger charge is -2.50. The Balaban J connectivity index is 1.84.